The van der Waals surface area contributed by atoms with Gasteiger partial charge in [0.2, 0.25) is 0 Å². The first-order valence-electron chi connectivity index (χ1n) is 2.24. The second-order valence-electron chi connectivity index (χ2n) is 0.651. The second kappa shape index (κ2) is 9.05. The smallest absolute Gasteiger partial charge is 0.115 e. The van der Waals surface area contributed by atoms with Crippen molar-refractivity contribution in [1.29, 1.82) is 0 Å². The quantitative estimate of drug-likeness (QED) is 0.446. The van der Waals surface area contributed by atoms with Crippen molar-refractivity contribution in [3.63, 3.8) is 0 Å². The highest BCUT2D eigenvalue weighted by atomic mass is 19.1. The molecule has 0 bridgehead atoms. The van der Waals surface area contributed by atoms with Crippen LogP contribution < -0.4 is 0 Å². The molecule has 0 fully saturated rings. The molecule has 0 radical (unpaired) electrons. The van der Waals surface area contributed by atoms with Crippen LogP contribution in [0.2, 0.25) is 0 Å². The Bertz CT molecular complexity index is 55.2. The van der Waals surface area contributed by atoms with Crippen LogP contribution in [-0.2, 0) is 0 Å². The maximum absolute atomic E-state index is 11.1. The summed E-state index contributed by atoms with van der Waals surface area (Å²) in [6.07, 6.45) is 1.06. The van der Waals surface area contributed by atoms with Crippen LogP contribution in [0.3, 0.4) is 0 Å². The fourth-order valence-corrected chi connectivity index (χ4v) is 0. The van der Waals surface area contributed by atoms with E-state index >= 15 is 0 Å². The van der Waals surface area contributed by atoms with Crippen LogP contribution in [0, 0.1) is 0 Å². The van der Waals surface area contributed by atoms with Gasteiger partial charge in [0, 0.05) is 0 Å². The highest BCUT2D eigenvalue weighted by molar-refractivity contribution is 4.99. The molecule has 0 aromatic rings. The summed E-state index contributed by atoms with van der Waals surface area (Å²) in [4.78, 5) is 0. The van der Waals surface area contributed by atoms with E-state index < -0.39 is 5.83 Å². The first-order chi connectivity index (χ1) is 3.27. The molecular weight excluding hydrogens is 91.1 g/mol. The Hall–Kier alpha value is -0.590. The fourth-order valence-electron chi connectivity index (χ4n) is 0. The Kier molecular flexibility index (Phi) is 12.5. The van der Waals surface area contributed by atoms with Gasteiger partial charge in [-0.05, 0) is 6.08 Å². The third kappa shape index (κ3) is 31.6. The molecule has 0 spiro atoms. The van der Waals surface area contributed by atoms with E-state index in [-0.39, 0.29) is 0 Å². The summed E-state index contributed by atoms with van der Waals surface area (Å²) in [5.41, 5.74) is 0. The molecule has 0 aliphatic rings. The van der Waals surface area contributed by atoms with Gasteiger partial charge in [-0.25, -0.2) is 4.39 Å². The Labute approximate surface area is 44.4 Å². The predicted octanol–water partition coefficient (Wildman–Crippen LogP) is 2.68. The fraction of sp³-hybridized carbons (Fsp3) is 0.333. The third-order valence-electron chi connectivity index (χ3n) is 0.221. The van der Waals surface area contributed by atoms with E-state index in [1.54, 1.807) is 0 Å². The van der Waals surface area contributed by atoms with E-state index in [1.165, 1.54) is 0 Å². The average Bonchev–Trinajstić information content (AvgIpc) is 1.73. The lowest BCUT2D eigenvalue weighted by Gasteiger charge is -1.66. The molecular formula is C6H11F. The summed E-state index contributed by atoms with van der Waals surface area (Å²) >= 11 is 0. The van der Waals surface area contributed by atoms with Crippen molar-refractivity contribution >= 4 is 0 Å². The molecule has 0 aliphatic heterocycles. The van der Waals surface area contributed by atoms with Crippen molar-refractivity contribution in [3.05, 3.63) is 25.1 Å². The van der Waals surface area contributed by atoms with Crippen molar-refractivity contribution in [2.75, 3.05) is 0 Å². The van der Waals surface area contributed by atoms with Gasteiger partial charge >= 0.3 is 0 Å². The molecule has 0 rings (SSSR count). The van der Waals surface area contributed by atoms with Gasteiger partial charge < -0.3 is 0 Å². The third-order valence-corrected chi connectivity index (χ3v) is 0.221. The van der Waals surface area contributed by atoms with Crippen LogP contribution in [0.4, 0.5) is 4.39 Å². The number of hydrogen-bond acceptors (Lipinski definition) is 0. The van der Waals surface area contributed by atoms with Crippen LogP contribution in [0.25, 0.3) is 0 Å². The molecule has 0 unspecified atom stereocenters. The van der Waals surface area contributed by atoms with Gasteiger partial charge in [-0.2, -0.15) is 0 Å². The molecule has 0 nitrogen and oxygen atoms in total. The number of allylic oxidation sites excluding steroid dienone is 2. The highest BCUT2D eigenvalue weighted by Gasteiger charge is 1.66. The zero-order valence-corrected chi connectivity index (χ0v) is 4.87. The lowest BCUT2D eigenvalue weighted by molar-refractivity contribution is 0.672. The molecule has 0 saturated carbocycles. The predicted molar refractivity (Wildman–Crippen MR) is 31.8 cm³/mol. The van der Waals surface area contributed by atoms with Gasteiger partial charge in [-0.15, -0.1) is 0 Å². The van der Waals surface area contributed by atoms with E-state index in [1.807, 2.05) is 13.8 Å². The molecule has 1 heteroatoms. The van der Waals surface area contributed by atoms with E-state index in [0.717, 1.165) is 6.08 Å². The minimum atomic E-state index is -0.481. The topological polar surface area (TPSA) is 0 Å². The summed E-state index contributed by atoms with van der Waals surface area (Å²) in [6, 6.07) is 0. The minimum Gasteiger partial charge on any atom is -0.208 e. The van der Waals surface area contributed by atoms with Crippen LogP contribution >= 0.6 is 0 Å². The van der Waals surface area contributed by atoms with Crippen molar-refractivity contribution in [1.82, 2.24) is 0 Å². The van der Waals surface area contributed by atoms with Crippen LogP contribution in [-0.4, -0.2) is 0 Å². The minimum absolute atomic E-state index is 0.481. The van der Waals surface area contributed by atoms with Crippen molar-refractivity contribution in [3.8, 4) is 0 Å². The van der Waals surface area contributed by atoms with Crippen molar-refractivity contribution < 1.29 is 4.39 Å². The Morgan fingerprint density at radius 1 is 1.57 bits per heavy atom. The summed E-state index contributed by atoms with van der Waals surface area (Å²) < 4.78 is 11.1. The monoisotopic (exact) mass is 102 g/mol. The van der Waals surface area contributed by atoms with Gasteiger partial charge in [-0.1, -0.05) is 27.0 Å². The summed E-state index contributed by atoms with van der Waals surface area (Å²) in [5, 5.41) is 0. The van der Waals surface area contributed by atoms with Crippen LogP contribution in [0.15, 0.2) is 25.1 Å². The molecule has 0 aromatic carbocycles. The second-order valence-corrected chi connectivity index (χ2v) is 0.651. The van der Waals surface area contributed by atoms with E-state index in [0.29, 0.717) is 0 Å². The Morgan fingerprint density at radius 2 is 1.71 bits per heavy atom. The van der Waals surface area contributed by atoms with Gasteiger partial charge in [-0.3, -0.25) is 0 Å². The largest absolute Gasteiger partial charge is 0.208 e. The van der Waals surface area contributed by atoms with Crippen molar-refractivity contribution in [2.24, 2.45) is 0 Å². The summed E-state index contributed by atoms with van der Waals surface area (Å²) in [7, 11) is 0. The standard InChI is InChI=1S/C4H5F.C2H6/c1-3-4(2)5;1-2/h3H,1-2H2;1-2H3. The molecule has 0 saturated heterocycles. The SMILES string of the molecule is C=CC(=C)F.CC. The molecule has 0 N–H and O–H groups in total. The Morgan fingerprint density at radius 3 is 1.71 bits per heavy atom. The molecule has 0 aliphatic carbocycles. The molecule has 42 valence electrons. The van der Waals surface area contributed by atoms with E-state index in [4.69, 9.17) is 0 Å². The zero-order valence-electron chi connectivity index (χ0n) is 4.87. The number of halogens is 1. The lowest BCUT2D eigenvalue weighted by atomic mass is 10.6. The molecule has 0 amide bonds. The average molecular weight is 102 g/mol. The van der Waals surface area contributed by atoms with Gasteiger partial charge in [0.05, 0.1) is 0 Å². The summed E-state index contributed by atoms with van der Waals surface area (Å²) in [6.45, 7) is 9.97. The van der Waals surface area contributed by atoms with Gasteiger partial charge in [0.25, 0.3) is 0 Å². The molecule has 0 heterocycles. The molecule has 0 atom stereocenters. The van der Waals surface area contributed by atoms with E-state index in [9.17, 15) is 4.39 Å². The van der Waals surface area contributed by atoms with Gasteiger partial charge in [0.15, 0.2) is 0 Å². The zero-order chi connectivity index (χ0) is 6.28. The van der Waals surface area contributed by atoms with Crippen LogP contribution in [0.1, 0.15) is 13.8 Å². The molecule has 7 heavy (non-hydrogen) atoms. The number of hydrogen-bond donors (Lipinski definition) is 0. The van der Waals surface area contributed by atoms with E-state index in [2.05, 4.69) is 13.2 Å². The van der Waals surface area contributed by atoms with Crippen LogP contribution in [0.5, 0.6) is 0 Å². The first kappa shape index (κ1) is 9.65. The maximum atomic E-state index is 11.1. The molecule has 0 aromatic heterocycles. The maximum Gasteiger partial charge on any atom is 0.115 e. The van der Waals surface area contributed by atoms with Crippen molar-refractivity contribution in [2.45, 2.75) is 13.8 Å². The summed E-state index contributed by atoms with van der Waals surface area (Å²) in [5.74, 6) is -0.481. The Balaban J connectivity index is 0. The first-order valence-corrected chi connectivity index (χ1v) is 2.24. The van der Waals surface area contributed by atoms with Gasteiger partial charge in [0.1, 0.15) is 5.83 Å². The lowest BCUT2D eigenvalue weighted by Crippen LogP contribution is -1.46. The highest BCUT2D eigenvalue weighted by Crippen LogP contribution is 1.86. The number of rotatable bonds is 1. The normalized spacial score (nSPS) is 5.57.